The molecule has 0 aliphatic rings. The van der Waals surface area contributed by atoms with Gasteiger partial charge in [0, 0.05) is 5.69 Å². The highest BCUT2D eigenvalue weighted by molar-refractivity contribution is 7.98. The molecule has 0 fully saturated rings. The molecule has 0 spiro atoms. The third kappa shape index (κ3) is 3.90. The Morgan fingerprint density at radius 2 is 1.85 bits per heavy atom. The molecule has 2 aromatic heterocycles. The summed E-state index contributed by atoms with van der Waals surface area (Å²) in [6.45, 7) is 4.00. The van der Waals surface area contributed by atoms with Gasteiger partial charge in [0.2, 0.25) is 0 Å². The Balaban J connectivity index is 1.40. The van der Waals surface area contributed by atoms with Gasteiger partial charge in [-0.3, -0.25) is 4.79 Å². The third-order valence-corrected chi connectivity index (χ3v) is 4.98. The molecule has 0 unspecified atom stereocenters. The summed E-state index contributed by atoms with van der Waals surface area (Å²) in [7, 11) is 0. The fourth-order valence-electron chi connectivity index (χ4n) is 2.67. The van der Waals surface area contributed by atoms with Crippen LogP contribution in [0, 0.1) is 13.8 Å². The van der Waals surface area contributed by atoms with E-state index in [9.17, 15) is 4.79 Å². The number of thioether (sulfide) groups is 1. The topological polar surface area (TPSA) is 68.3 Å². The molecular weight excluding hydrogens is 360 g/mol. The predicted octanol–water partition coefficient (Wildman–Crippen LogP) is 5.58. The van der Waals surface area contributed by atoms with E-state index in [2.05, 4.69) is 10.3 Å². The number of fused-ring (bicyclic) bond motifs is 1. The number of nitrogens with zero attached hydrogens (tertiary/aromatic N) is 1. The number of aryl methyl sites for hydroxylation is 2. The summed E-state index contributed by atoms with van der Waals surface area (Å²) in [5.74, 6) is 1.23. The van der Waals surface area contributed by atoms with Crippen molar-refractivity contribution in [3.8, 4) is 0 Å². The van der Waals surface area contributed by atoms with Crippen LogP contribution in [0.1, 0.15) is 27.4 Å². The normalized spacial score (nSPS) is 11.0. The minimum absolute atomic E-state index is 0.271. The van der Waals surface area contributed by atoms with Gasteiger partial charge >= 0.3 is 0 Å². The van der Waals surface area contributed by atoms with Crippen LogP contribution in [0.3, 0.4) is 0 Å². The minimum Gasteiger partial charge on any atom is -0.455 e. The number of para-hydroxylation sites is 1. The van der Waals surface area contributed by atoms with Crippen LogP contribution in [0.15, 0.2) is 68.7 Å². The zero-order chi connectivity index (χ0) is 18.8. The smallest absolute Gasteiger partial charge is 0.291 e. The molecule has 1 N–H and O–H groups in total. The SMILES string of the molecule is Cc1ccc(NC(=O)c2ccc(CSc3nc4c(C)cccc4o3)o2)cc1. The Kier molecular flexibility index (Phi) is 4.73. The third-order valence-electron chi connectivity index (χ3n) is 4.13. The van der Waals surface area contributed by atoms with Gasteiger partial charge in [-0.2, -0.15) is 0 Å². The fraction of sp³-hybridized carbons (Fsp3) is 0.143. The molecule has 4 rings (SSSR count). The first kappa shape index (κ1) is 17.4. The fourth-order valence-corrected chi connectivity index (χ4v) is 3.39. The number of carbonyl (C=O) groups excluding carboxylic acids is 1. The van der Waals surface area contributed by atoms with Gasteiger partial charge in [0.1, 0.15) is 11.3 Å². The molecule has 2 heterocycles. The van der Waals surface area contributed by atoms with Crippen LogP contribution in [-0.4, -0.2) is 10.9 Å². The number of amides is 1. The van der Waals surface area contributed by atoms with Gasteiger partial charge in [-0.1, -0.05) is 41.6 Å². The predicted molar refractivity (Wildman–Crippen MR) is 106 cm³/mol. The summed E-state index contributed by atoms with van der Waals surface area (Å²) in [4.78, 5) is 16.8. The average Bonchev–Trinajstić information content (AvgIpc) is 3.29. The molecule has 0 aliphatic carbocycles. The van der Waals surface area contributed by atoms with E-state index in [1.54, 1.807) is 12.1 Å². The van der Waals surface area contributed by atoms with Gasteiger partial charge in [-0.25, -0.2) is 4.98 Å². The lowest BCUT2D eigenvalue weighted by Crippen LogP contribution is -2.10. The first-order chi connectivity index (χ1) is 13.1. The molecule has 0 bridgehead atoms. The van der Waals surface area contributed by atoms with Crippen molar-refractivity contribution in [2.45, 2.75) is 24.8 Å². The van der Waals surface area contributed by atoms with Crippen molar-refractivity contribution in [2.75, 3.05) is 5.32 Å². The molecule has 0 atom stereocenters. The van der Waals surface area contributed by atoms with E-state index >= 15 is 0 Å². The Morgan fingerprint density at radius 3 is 2.63 bits per heavy atom. The van der Waals surface area contributed by atoms with E-state index in [1.165, 1.54) is 11.8 Å². The maximum atomic E-state index is 12.3. The van der Waals surface area contributed by atoms with Crippen molar-refractivity contribution in [2.24, 2.45) is 0 Å². The van der Waals surface area contributed by atoms with Crippen LogP contribution >= 0.6 is 11.8 Å². The molecule has 1 amide bonds. The van der Waals surface area contributed by atoms with Crippen molar-refractivity contribution < 1.29 is 13.6 Å². The lowest BCUT2D eigenvalue weighted by Gasteiger charge is -2.03. The Hall–Kier alpha value is -2.99. The van der Waals surface area contributed by atoms with Gasteiger partial charge in [0.05, 0.1) is 5.75 Å². The van der Waals surface area contributed by atoms with Gasteiger partial charge in [-0.05, 0) is 49.7 Å². The number of furan rings is 1. The number of hydrogen-bond acceptors (Lipinski definition) is 5. The molecule has 136 valence electrons. The maximum absolute atomic E-state index is 12.3. The Labute approximate surface area is 160 Å². The van der Waals surface area contributed by atoms with Crippen molar-refractivity contribution in [1.82, 2.24) is 4.98 Å². The number of nitrogens with one attached hydrogen (secondary N) is 1. The molecule has 6 heteroatoms. The van der Waals surface area contributed by atoms with Crippen LogP contribution < -0.4 is 5.32 Å². The largest absolute Gasteiger partial charge is 0.455 e. The Morgan fingerprint density at radius 1 is 1.04 bits per heavy atom. The van der Waals surface area contributed by atoms with Crippen LogP contribution in [0.2, 0.25) is 0 Å². The first-order valence-corrected chi connectivity index (χ1v) is 9.53. The molecule has 5 nitrogen and oxygen atoms in total. The van der Waals surface area contributed by atoms with Gasteiger partial charge in [0.15, 0.2) is 11.3 Å². The van der Waals surface area contributed by atoms with E-state index in [4.69, 9.17) is 8.83 Å². The number of benzene rings is 2. The minimum atomic E-state index is -0.271. The summed E-state index contributed by atoms with van der Waals surface area (Å²) in [6.07, 6.45) is 0. The van der Waals surface area contributed by atoms with E-state index < -0.39 is 0 Å². The van der Waals surface area contributed by atoms with Crippen LogP contribution in [0.4, 0.5) is 5.69 Å². The molecule has 0 saturated heterocycles. The second kappa shape index (κ2) is 7.32. The second-order valence-corrected chi connectivity index (χ2v) is 7.20. The van der Waals surface area contributed by atoms with Gasteiger partial charge < -0.3 is 14.2 Å². The highest BCUT2D eigenvalue weighted by Gasteiger charge is 2.13. The second-order valence-electron chi connectivity index (χ2n) is 6.28. The molecule has 4 aromatic rings. The molecule has 0 saturated carbocycles. The number of anilines is 1. The van der Waals surface area contributed by atoms with Crippen LogP contribution in [0.25, 0.3) is 11.1 Å². The zero-order valence-electron chi connectivity index (χ0n) is 15.0. The highest BCUT2D eigenvalue weighted by atomic mass is 32.2. The summed E-state index contributed by atoms with van der Waals surface area (Å²) in [5, 5.41) is 3.41. The molecular formula is C21H18N2O3S. The number of oxazole rings is 1. The standard InChI is InChI=1S/C21H18N2O3S/c1-13-6-8-15(9-7-13)22-20(24)18-11-10-16(25-18)12-27-21-23-19-14(2)4-3-5-17(19)26-21/h3-11H,12H2,1-2H3,(H,22,24). The molecule has 0 aliphatic heterocycles. The summed E-state index contributed by atoms with van der Waals surface area (Å²) >= 11 is 1.44. The molecule has 0 radical (unpaired) electrons. The van der Waals surface area contributed by atoms with Crippen LogP contribution in [0.5, 0.6) is 0 Å². The monoisotopic (exact) mass is 378 g/mol. The lowest BCUT2D eigenvalue weighted by molar-refractivity contribution is 0.0995. The highest BCUT2D eigenvalue weighted by Crippen LogP contribution is 2.28. The number of aromatic nitrogens is 1. The zero-order valence-corrected chi connectivity index (χ0v) is 15.8. The van der Waals surface area contributed by atoms with E-state index in [-0.39, 0.29) is 11.7 Å². The Bertz CT molecular complexity index is 1100. The van der Waals surface area contributed by atoms with Gasteiger partial charge in [0.25, 0.3) is 11.1 Å². The van der Waals surface area contributed by atoms with Crippen molar-refractivity contribution in [1.29, 1.82) is 0 Å². The van der Waals surface area contributed by atoms with E-state index in [1.807, 2.05) is 56.3 Å². The van der Waals surface area contributed by atoms with Crippen molar-refractivity contribution in [3.05, 3.63) is 77.2 Å². The number of hydrogen-bond donors (Lipinski definition) is 1. The average molecular weight is 378 g/mol. The van der Waals surface area contributed by atoms with Crippen molar-refractivity contribution in [3.63, 3.8) is 0 Å². The molecule has 2 aromatic carbocycles. The lowest BCUT2D eigenvalue weighted by atomic mass is 10.2. The number of rotatable bonds is 5. The summed E-state index contributed by atoms with van der Waals surface area (Å²) < 4.78 is 11.4. The van der Waals surface area contributed by atoms with Crippen molar-refractivity contribution >= 4 is 34.5 Å². The molecule has 27 heavy (non-hydrogen) atoms. The maximum Gasteiger partial charge on any atom is 0.291 e. The quantitative estimate of drug-likeness (QED) is 0.459. The summed E-state index contributed by atoms with van der Waals surface area (Å²) in [6, 6.07) is 16.9. The summed E-state index contributed by atoms with van der Waals surface area (Å²) in [5.41, 5.74) is 4.60. The van der Waals surface area contributed by atoms with Crippen LogP contribution in [-0.2, 0) is 5.75 Å². The number of carbonyl (C=O) groups is 1. The van der Waals surface area contributed by atoms with E-state index in [0.717, 1.165) is 27.9 Å². The van der Waals surface area contributed by atoms with E-state index in [0.29, 0.717) is 16.7 Å². The van der Waals surface area contributed by atoms with Gasteiger partial charge in [-0.15, -0.1) is 0 Å². The first-order valence-electron chi connectivity index (χ1n) is 8.54.